The zero-order valence-corrected chi connectivity index (χ0v) is 9.34. The van der Waals surface area contributed by atoms with E-state index in [0.29, 0.717) is 18.6 Å². The van der Waals surface area contributed by atoms with Crippen molar-refractivity contribution in [2.45, 2.75) is 13.3 Å². The van der Waals surface area contributed by atoms with Crippen LogP contribution in [0.1, 0.15) is 12.5 Å². The maximum atomic E-state index is 10.6. The molecule has 0 saturated carbocycles. The minimum absolute atomic E-state index is 0.478. The number of carbonyl (C=O) groups is 1. The van der Waals surface area contributed by atoms with Crippen molar-refractivity contribution < 1.29 is 14.8 Å². The van der Waals surface area contributed by atoms with Gasteiger partial charge in [-0.25, -0.2) is 0 Å². The first-order valence-electron chi connectivity index (χ1n) is 5.31. The Morgan fingerprint density at radius 2 is 1.94 bits per heavy atom. The van der Waals surface area contributed by atoms with E-state index in [0.717, 1.165) is 18.4 Å². The number of nitrogens with zero attached hydrogens (tertiary/aromatic N) is 1. The minimum Gasteiger partial charge on any atom is -0.423 e. The number of hydrogen-bond donors (Lipinski definition) is 2. The quantitative estimate of drug-likeness (QED) is 0.497. The first-order valence-corrected chi connectivity index (χ1v) is 5.31. The van der Waals surface area contributed by atoms with Gasteiger partial charge in [0.25, 0.3) is 0 Å². The van der Waals surface area contributed by atoms with Crippen molar-refractivity contribution in [2.75, 3.05) is 13.1 Å². The smallest absolute Gasteiger partial charge is 0.423 e. The Hall–Kier alpha value is -1.33. The first kappa shape index (κ1) is 12.7. The van der Waals surface area contributed by atoms with Crippen molar-refractivity contribution in [1.82, 2.24) is 4.90 Å². The standard InChI is InChI=1S/C11H16BNO3/c1-2-13(9-14)8-7-10-3-5-11(6-4-10)12(15)16/h3-6,9,15-16H,2,7-8H2,1H3. The molecule has 2 N–H and O–H groups in total. The number of carbonyl (C=O) groups excluding carboxylic acids is 1. The molecule has 0 heterocycles. The Labute approximate surface area is 95.7 Å². The Morgan fingerprint density at radius 3 is 2.38 bits per heavy atom. The van der Waals surface area contributed by atoms with Gasteiger partial charge in [0.1, 0.15) is 0 Å². The highest BCUT2D eigenvalue weighted by atomic mass is 16.4. The third-order valence-electron chi connectivity index (χ3n) is 2.52. The molecule has 16 heavy (non-hydrogen) atoms. The van der Waals surface area contributed by atoms with Crippen LogP contribution >= 0.6 is 0 Å². The van der Waals surface area contributed by atoms with Gasteiger partial charge in [0.15, 0.2) is 0 Å². The Kier molecular flexibility index (Phi) is 5.02. The van der Waals surface area contributed by atoms with E-state index in [4.69, 9.17) is 10.0 Å². The molecule has 0 atom stereocenters. The maximum absolute atomic E-state index is 10.6. The zero-order valence-electron chi connectivity index (χ0n) is 9.34. The normalized spacial score (nSPS) is 9.94. The molecule has 1 aromatic carbocycles. The van der Waals surface area contributed by atoms with Crippen molar-refractivity contribution in [3.63, 3.8) is 0 Å². The first-order chi connectivity index (χ1) is 7.67. The molecule has 0 unspecified atom stereocenters. The second-order valence-corrected chi connectivity index (χ2v) is 3.60. The second kappa shape index (κ2) is 6.30. The lowest BCUT2D eigenvalue weighted by Crippen LogP contribution is -2.29. The minimum atomic E-state index is -1.42. The molecule has 0 spiro atoms. The van der Waals surface area contributed by atoms with Crippen LogP contribution in [0.15, 0.2) is 24.3 Å². The fourth-order valence-corrected chi connectivity index (χ4v) is 1.41. The topological polar surface area (TPSA) is 60.8 Å². The summed E-state index contributed by atoms with van der Waals surface area (Å²) in [6.45, 7) is 3.32. The predicted molar refractivity (Wildman–Crippen MR) is 63.3 cm³/mol. The lowest BCUT2D eigenvalue weighted by atomic mass is 9.80. The molecule has 0 fully saturated rings. The Balaban J connectivity index is 2.52. The van der Waals surface area contributed by atoms with Crippen LogP contribution in [-0.4, -0.2) is 41.6 Å². The number of likely N-dealkylation sites (N-methyl/N-ethyl adjacent to an activating group) is 1. The van der Waals surface area contributed by atoms with E-state index in [2.05, 4.69) is 0 Å². The van der Waals surface area contributed by atoms with E-state index in [1.54, 1.807) is 17.0 Å². The Morgan fingerprint density at radius 1 is 1.31 bits per heavy atom. The Bertz CT molecular complexity index is 327. The van der Waals surface area contributed by atoms with Crippen molar-refractivity contribution in [2.24, 2.45) is 0 Å². The van der Waals surface area contributed by atoms with Gasteiger partial charge in [-0.2, -0.15) is 0 Å². The van der Waals surface area contributed by atoms with Gasteiger partial charge in [-0.1, -0.05) is 24.3 Å². The number of benzene rings is 1. The van der Waals surface area contributed by atoms with Crippen molar-refractivity contribution in [3.05, 3.63) is 29.8 Å². The largest absolute Gasteiger partial charge is 0.488 e. The molecule has 1 aromatic rings. The van der Waals surface area contributed by atoms with Gasteiger partial charge in [-0.3, -0.25) is 4.79 Å². The van der Waals surface area contributed by atoms with Crippen LogP contribution < -0.4 is 5.46 Å². The molecule has 0 aliphatic heterocycles. The van der Waals surface area contributed by atoms with Crippen LogP contribution in [0.2, 0.25) is 0 Å². The molecule has 0 aromatic heterocycles. The van der Waals surface area contributed by atoms with Crippen LogP contribution in [0.4, 0.5) is 0 Å². The molecular formula is C11H16BNO3. The van der Waals surface area contributed by atoms with Gasteiger partial charge in [0.2, 0.25) is 6.41 Å². The molecule has 0 radical (unpaired) electrons. The average molecular weight is 221 g/mol. The van der Waals surface area contributed by atoms with Gasteiger partial charge in [0, 0.05) is 13.1 Å². The van der Waals surface area contributed by atoms with E-state index in [-0.39, 0.29) is 0 Å². The highest BCUT2D eigenvalue weighted by Crippen LogP contribution is 2.00. The highest BCUT2D eigenvalue weighted by Gasteiger charge is 2.09. The lowest BCUT2D eigenvalue weighted by Gasteiger charge is -2.14. The third-order valence-corrected chi connectivity index (χ3v) is 2.52. The van der Waals surface area contributed by atoms with Gasteiger partial charge in [-0.15, -0.1) is 0 Å². The van der Waals surface area contributed by atoms with E-state index >= 15 is 0 Å². The summed E-state index contributed by atoms with van der Waals surface area (Å²) < 4.78 is 0. The molecule has 1 amide bonds. The van der Waals surface area contributed by atoms with E-state index < -0.39 is 7.12 Å². The summed E-state index contributed by atoms with van der Waals surface area (Å²) in [6, 6.07) is 7.04. The van der Waals surface area contributed by atoms with Crippen LogP contribution in [0.25, 0.3) is 0 Å². The molecule has 0 aliphatic carbocycles. The monoisotopic (exact) mass is 221 g/mol. The fourth-order valence-electron chi connectivity index (χ4n) is 1.41. The second-order valence-electron chi connectivity index (χ2n) is 3.60. The summed E-state index contributed by atoms with van der Waals surface area (Å²) in [4.78, 5) is 12.2. The predicted octanol–water partition coefficient (Wildman–Crippen LogP) is -0.613. The number of amides is 1. The SMILES string of the molecule is CCN(C=O)CCc1ccc(B(O)O)cc1. The van der Waals surface area contributed by atoms with E-state index in [1.165, 1.54) is 0 Å². The van der Waals surface area contributed by atoms with Crippen molar-refractivity contribution in [3.8, 4) is 0 Å². The fraction of sp³-hybridized carbons (Fsp3) is 0.364. The molecule has 1 rings (SSSR count). The van der Waals surface area contributed by atoms with Gasteiger partial charge >= 0.3 is 7.12 Å². The highest BCUT2D eigenvalue weighted by molar-refractivity contribution is 6.58. The van der Waals surface area contributed by atoms with Crippen LogP contribution in [0, 0.1) is 0 Å². The summed E-state index contributed by atoms with van der Waals surface area (Å²) in [7, 11) is -1.42. The van der Waals surface area contributed by atoms with Crippen LogP contribution in [-0.2, 0) is 11.2 Å². The number of rotatable bonds is 6. The van der Waals surface area contributed by atoms with E-state index in [1.807, 2.05) is 19.1 Å². The van der Waals surface area contributed by atoms with Crippen LogP contribution in [0.3, 0.4) is 0 Å². The van der Waals surface area contributed by atoms with Gasteiger partial charge < -0.3 is 14.9 Å². The molecular weight excluding hydrogens is 205 g/mol. The molecule has 4 nitrogen and oxygen atoms in total. The molecule has 0 bridgehead atoms. The maximum Gasteiger partial charge on any atom is 0.488 e. The lowest BCUT2D eigenvalue weighted by molar-refractivity contribution is -0.117. The van der Waals surface area contributed by atoms with Crippen molar-refractivity contribution in [1.29, 1.82) is 0 Å². The average Bonchev–Trinajstić information content (AvgIpc) is 2.31. The van der Waals surface area contributed by atoms with Gasteiger partial charge in [-0.05, 0) is 24.4 Å². The summed E-state index contributed by atoms with van der Waals surface area (Å²) in [5, 5.41) is 17.8. The molecule has 0 aliphatic rings. The summed E-state index contributed by atoms with van der Waals surface area (Å²) >= 11 is 0. The van der Waals surface area contributed by atoms with E-state index in [9.17, 15) is 4.79 Å². The van der Waals surface area contributed by atoms with Crippen molar-refractivity contribution >= 4 is 19.0 Å². The van der Waals surface area contributed by atoms with Crippen LogP contribution in [0.5, 0.6) is 0 Å². The summed E-state index contributed by atoms with van der Waals surface area (Å²) in [5.41, 5.74) is 1.55. The number of hydrogen-bond acceptors (Lipinski definition) is 3. The third kappa shape index (κ3) is 3.68. The molecule has 5 heteroatoms. The molecule has 86 valence electrons. The zero-order chi connectivity index (χ0) is 12.0. The summed E-state index contributed by atoms with van der Waals surface area (Å²) in [6.07, 6.45) is 1.61. The van der Waals surface area contributed by atoms with Gasteiger partial charge in [0.05, 0.1) is 0 Å². The summed E-state index contributed by atoms with van der Waals surface area (Å²) in [5.74, 6) is 0. The molecule has 0 saturated heterocycles.